The second-order valence-corrected chi connectivity index (χ2v) is 13.5. The molecule has 3 heterocycles. The number of fused-ring (bicyclic) bond motifs is 1. The van der Waals surface area contributed by atoms with E-state index in [1.165, 1.54) is 5.56 Å². The molecule has 20 nitrogen and oxygen atoms in total. The zero-order chi connectivity index (χ0) is 41.8. The molecule has 0 radical (unpaired) electrons. The summed E-state index contributed by atoms with van der Waals surface area (Å²) in [6, 6.07) is 16.4. The van der Waals surface area contributed by atoms with Crippen LogP contribution in [0.1, 0.15) is 60.0 Å². The van der Waals surface area contributed by atoms with Crippen LogP contribution in [0.2, 0.25) is 0 Å². The maximum absolute atomic E-state index is 13.1. The smallest absolute Gasteiger partial charge is 0.336 e. The zero-order valence-corrected chi connectivity index (χ0v) is 30.0. The van der Waals surface area contributed by atoms with Crippen molar-refractivity contribution < 1.29 is 79.2 Å². The number of aryl methyl sites for hydroxylation is 1. The third-order valence-corrected chi connectivity index (χ3v) is 9.43. The van der Waals surface area contributed by atoms with Crippen molar-refractivity contribution in [2.24, 2.45) is 0 Å². The summed E-state index contributed by atoms with van der Waals surface area (Å²) in [6.45, 7) is 5.22. The van der Waals surface area contributed by atoms with Crippen molar-refractivity contribution in [2.75, 3.05) is 44.6 Å². The summed E-state index contributed by atoms with van der Waals surface area (Å²) < 4.78 is 0. The predicted molar refractivity (Wildman–Crippen MR) is 191 cm³/mol. The molecule has 2 saturated heterocycles. The summed E-state index contributed by atoms with van der Waals surface area (Å²) in [5, 5.41) is 74.1. The number of hydrogen-bond acceptors (Lipinski definition) is 12. The molecular formula is C36H44N4O16. The second-order valence-electron chi connectivity index (χ2n) is 13.5. The molecule has 304 valence electrons. The first-order chi connectivity index (χ1) is 26.2. The number of anilines is 1. The van der Waals surface area contributed by atoms with E-state index in [2.05, 4.69) is 45.9 Å². The molecule has 1 atom stereocenters. The van der Waals surface area contributed by atoms with Crippen molar-refractivity contribution >= 4 is 53.3 Å². The summed E-state index contributed by atoms with van der Waals surface area (Å²) >= 11 is 0. The van der Waals surface area contributed by atoms with Crippen LogP contribution in [-0.2, 0) is 45.5 Å². The average Bonchev–Trinajstić information content (AvgIpc) is 3.62. The molecule has 3 aliphatic rings. The first kappa shape index (κ1) is 44.4. The van der Waals surface area contributed by atoms with Gasteiger partial charge in [0, 0.05) is 50.4 Å². The number of carbonyl (C=O) groups excluding carboxylic acids is 2. The number of carboxylic acids is 6. The summed E-state index contributed by atoms with van der Waals surface area (Å²) in [5.41, 5.74) is -1.47. The number of nitrogens with one attached hydrogen (secondary N) is 2. The van der Waals surface area contributed by atoms with Gasteiger partial charge in [-0.3, -0.25) is 33.7 Å². The molecule has 0 aromatic heterocycles. The van der Waals surface area contributed by atoms with Gasteiger partial charge in [-0.1, -0.05) is 30.3 Å². The van der Waals surface area contributed by atoms with Gasteiger partial charge in [0.25, 0.3) is 5.91 Å². The van der Waals surface area contributed by atoms with Gasteiger partial charge < -0.3 is 56.4 Å². The number of amides is 2. The Labute approximate surface area is 319 Å². The minimum atomic E-state index is -2.74. The van der Waals surface area contributed by atoms with Crippen molar-refractivity contribution in [3.8, 4) is 0 Å². The highest BCUT2D eigenvalue weighted by Crippen LogP contribution is 2.35. The minimum Gasteiger partial charge on any atom is -0.481 e. The van der Waals surface area contributed by atoms with Gasteiger partial charge in [0.1, 0.15) is 0 Å². The van der Waals surface area contributed by atoms with Crippen molar-refractivity contribution in [2.45, 2.75) is 61.7 Å². The maximum atomic E-state index is 13.1. The SMILES string of the molecule is O=C(O)CC(O)(CC(=O)O)C(=O)O.O=C(O)CC(O)(CC(=O)O)C(=O)O.O=C1CCc2cc(C(=O)N3CCN(C4(c5ccccc5)CCNC4)CC3)ccc2N1. The number of aliphatic carboxylic acids is 6. The van der Waals surface area contributed by atoms with Gasteiger partial charge in [-0.05, 0) is 48.7 Å². The van der Waals surface area contributed by atoms with Crippen LogP contribution in [-0.4, -0.2) is 149 Å². The highest BCUT2D eigenvalue weighted by atomic mass is 16.4. The molecule has 1 unspecified atom stereocenters. The molecular weight excluding hydrogens is 744 g/mol. The van der Waals surface area contributed by atoms with Gasteiger partial charge in [-0.2, -0.15) is 0 Å². The van der Waals surface area contributed by atoms with Crippen LogP contribution in [0.25, 0.3) is 0 Å². The lowest BCUT2D eigenvalue weighted by atomic mass is 9.86. The fraction of sp³-hybridized carbons (Fsp3) is 0.444. The first-order valence-corrected chi connectivity index (χ1v) is 17.2. The van der Waals surface area contributed by atoms with Crippen molar-refractivity contribution in [1.29, 1.82) is 0 Å². The Kier molecular flexibility index (Phi) is 15.1. The van der Waals surface area contributed by atoms with Crippen molar-refractivity contribution in [3.05, 3.63) is 65.2 Å². The number of hydrogen-bond donors (Lipinski definition) is 10. The van der Waals surface area contributed by atoms with E-state index in [-0.39, 0.29) is 17.4 Å². The van der Waals surface area contributed by atoms with Crippen LogP contribution in [0.3, 0.4) is 0 Å². The van der Waals surface area contributed by atoms with Crippen LogP contribution in [0.15, 0.2) is 48.5 Å². The molecule has 5 rings (SSSR count). The number of carbonyl (C=O) groups is 8. The van der Waals surface area contributed by atoms with Crippen LogP contribution >= 0.6 is 0 Å². The van der Waals surface area contributed by atoms with Crippen LogP contribution in [0.5, 0.6) is 0 Å². The van der Waals surface area contributed by atoms with E-state index in [0.29, 0.717) is 12.8 Å². The predicted octanol–water partition coefficient (Wildman–Crippen LogP) is -0.279. The van der Waals surface area contributed by atoms with E-state index in [1.54, 1.807) is 0 Å². The lowest BCUT2D eigenvalue weighted by Crippen LogP contribution is -2.57. The van der Waals surface area contributed by atoms with E-state index in [4.69, 9.17) is 40.9 Å². The van der Waals surface area contributed by atoms with E-state index < -0.39 is 72.7 Å². The molecule has 3 aliphatic heterocycles. The molecule has 10 N–H and O–H groups in total. The molecule has 0 saturated carbocycles. The highest BCUT2D eigenvalue weighted by Gasteiger charge is 2.43. The van der Waals surface area contributed by atoms with Gasteiger partial charge in [0.05, 0.1) is 31.2 Å². The van der Waals surface area contributed by atoms with Gasteiger partial charge in [0.2, 0.25) is 5.91 Å². The number of nitrogens with zero attached hydrogens (tertiary/aromatic N) is 2. The van der Waals surface area contributed by atoms with Crippen molar-refractivity contribution in [3.63, 3.8) is 0 Å². The molecule has 56 heavy (non-hydrogen) atoms. The van der Waals surface area contributed by atoms with Crippen molar-refractivity contribution in [1.82, 2.24) is 15.1 Å². The molecule has 0 bridgehead atoms. The maximum Gasteiger partial charge on any atom is 0.336 e. The fourth-order valence-corrected chi connectivity index (χ4v) is 6.59. The Bertz CT molecular complexity index is 1720. The third-order valence-electron chi connectivity index (χ3n) is 9.43. The Hall–Kier alpha value is -5.96. The molecule has 2 fully saturated rings. The largest absolute Gasteiger partial charge is 0.481 e. The summed E-state index contributed by atoms with van der Waals surface area (Å²) in [4.78, 5) is 90.2. The molecule has 2 aromatic carbocycles. The van der Waals surface area contributed by atoms with E-state index in [9.17, 15) is 38.4 Å². The van der Waals surface area contributed by atoms with E-state index in [1.807, 2.05) is 23.1 Å². The van der Waals surface area contributed by atoms with E-state index in [0.717, 1.165) is 62.5 Å². The Balaban J connectivity index is 0.000000271. The molecule has 0 aliphatic carbocycles. The molecule has 0 spiro atoms. The second kappa shape index (κ2) is 19.1. The topological polar surface area (TPSA) is 329 Å². The summed E-state index contributed by atoms with van der Waals surface area (Å²) in [6.07, 6.45) is -2.30. The number of rotatable bonds is 13. The fourth-order valence-electron chi connectivity index (χ4n) is 6.59. The van der Waals surface area contributed by atoms with Crippen LogP contribution in [0.4, 0.5) is 5.69 Å². The van der Waals surface area contributed by atoms with Gasteiger partial charge >= 0.3 is 35.8 Å². The monoisotopic (exact) mass is 788 g/mol. The van der Waals surface area contributed by atoms with Gasteiger partial charge in [0.15, 0.2) is 11.2 Å². The number of carboxylic acid groups (broad SMARTS) is 6. The summed E-state index contributed by atoms with van der Waals surface area (Å²) in [7, 11) is 0. The quantitative estimate of drug-likeness (QED) is 0.125. The molecule has 2 aromatic rings. The summed E-state index contributed by atoms with van der Waals surface area (Å²) in [5.74, 6) is -9.90. The van der Waals surface area contributed by atoms with Crippen LogP contribution in [0, 0.1) is 0 Å². The number of benzene rings is 2. The zero-order valence-electron chi connectivity index (χ0n) is 30.0. The molecule has 2 amide bonds. The van der Waals surface area contributed by atoms with Gasteiger partial charge in [-0.15, -0.1) is 0 Å². The normalized spacial score (nSPS) is 18.1. The Morgan fingerprint density at radius 2 is 1.18 bits per heavy atom. The minimum absolute atomic E-state index is 0.0282. The highest BCUT2D eigenvalue weighted by molar-refractivity contribution is 5.98. The third kappa shape index (κ3) is 11.8. The van der Waals surface area contributed by atoms with E-state index >= 15 is 0 Å². The Morgan fingerprint density at radius 3 is 1.61 bits per heavy atom. The standard InChI is InChI=1S/C24H28N4O2.2C6H8O7/c29-22-9-7-18-16-19(6-8-21(18)26-22)23(30)27-12-14-28(15-13-27)24(10-11-25-17-24)20-4-2-1-3-5-20;2*7-3(8)1-6(13,5(11)12)2-4(9)10/h1-6,8,16,25H,7,9-15,17H2,(H,26,29);2*13H,1-2H2,(H,7,8)(H,9,10)(H,11,12). The van der Waals surface area contributed by atoms with Crippen LogP contribution < -0.4 is 10.6 Å². The number of aliphatic hydroxyl groups is 2. The lowest BCUT2D eigenvalue weighted by Gasteiger charge is -2.46. The average molecular weight is 789 g/mol. The molecule has 20 heteroatoms. The van der Waals surface area contributed by atoms with Gasteiger partial charge in [-0.25, -0.2) is 9.59 Å². The first-order valence-electron chi connectivity index (χ1n) is 17.2. The number of piperazine rings is 1. The lowest BCUT2D eigenvalue weighted by molar-refractivity contribution is -0.170. The Morgan fingerprint density at radius 1 is 0.679 bits per heavy atom.